The third-order valence-corrected chi connectivity index (χ3v) is 10.2. The largest absolute Gasteiger partial charge is 0.363 e. The summed E-state index contributed by atoms with van der Waals surface area (Å²) in [6, 6.07) is 2.69. The number of nitrogens with one attached hydrogen (secondary N) is 3. The van der Waals surface area contributed by atoms with Gasteiger partial charge in [-0.2, -0.15) is 0 Å². The summed E-state index contributed by atoms with van der Waals surface area (Å²) in [5, 5.41) is 9.00. The highest BCUT2D eigenvalue weighted by atomic mass is 16.2. The number of likely N-dealkylation sites (tertiary alicyclic amines) is 1. The van der Waals surface area contributed by atoms with E-state index in [0.29, 0.717) is 38.6 Å². The molecule has 0 bridgehead atoms. The number of carbonyl (C=O) groups excluding carboxylic acids is 5. The van der Waals surface area contributed by atoms with Gasteiger partial charge in [-0.05, 0) is 62.0 Å². The second-order valence-electron chi connectivity index (χ2n) is 13.7. The van der Waals surface area contributed by atoms with Crippen LogP contribution in [0, 0.1) is 11.3 Å². The number of rotatable bonds is 13. The number of hydrogen-bond acceptors (Lipinski definition) is 6. The highest BCUT2D eigenvalue weighted by Gasteiger charge is 2.45. The minimum atomic E-state index is -1.08. The fourth-order valence-corrected chi connectivity index (χ4v) is 6.83. The number of pyridine rings is 1. The number of nitrogens with zero attached hydrogens (tertiary/aromatic N) is 2. The van der Waals surface area contributed by atoms with Gasteiger partial charge >= 0.3 is 6.03 Å². The lowest BCUT2D eigenvalue weighted by molar-refractivity contribution is -0.143. The molecule has 5 N–H and O–H groups in total. The van der Waals surface area contributed by atoms with Gasteiger partial charge in [0.1, 0.15) is 12.1 Å². The molecule has 0 aromatic carbocycles. The first-order chi connectivity index (χ1) is 20.9. The number of hydrogen-bond donors (Lipinski definition) is 4. The maximum Gasteiger partial charge on any atom is 0.315 e. The van der Waals surface area contributed by atoms with Crippen molar-refractivity contribution in [2.45, 2.75) is 128 Å². The van der Waals surface area contributed by atoms with Crippen LogP contribution in [0.15, 0.2) is 24.4 Å². The molecule has 11 heteroatoms. The maximum atomic E-state index is 14.2. The first-order valence-electron chi connectivity index (χ1n) is 16.4. The molecule has 2 aliphatic carbocycles. The molecule has 3 unspecified atom stereocenters. The molecule has 1 aromatic rings. The SMILES string of the molecule is CCC(C)(C)C(NC(=O)NC1(Cc2ccccn2)CCCCC1)C(=O)N1CCCC1C(=O)NC(CC1CCC1)C(=O)C(N)=O. The van der Waals surface area contributed by atoms with Crippen molar-refractivity contribution in [2.75, 3.05) is 6.54 Å². The van der Waals surface area contributed by atoms with Crippen LogP contribution >= 0.6 is 0 Å². The van der Waals surface area contributed by atoms with Crippen molar-refractivity contribution in [3.05, 3.63) is 30.1 Å². The standard InChI is InChI=1S/C33H50N6O5/c1-4-32(2,3)27(37-31(44)38-33(16-7-5-8-17-33)21-23-14-6-9-18-35-23)30(43)39-19-11-15-25(39)29(42)36-24(26(40)28(34)41)20-22-12-10-13-22/h6,9,14,18,22,24-25,27H,4-5,7-8,10-13,15-17,19-21H2,1-3H3,(H2,34,41)(H,36,42)(H2,37,38,44). The molecule has 2 heterocycles. The molecular weight excluding hydrogens is 560 g/mol. The number of urea groups is 1. The lowest BCUT2D eigenvalue weighted by Crippen LogP contribution is -2.62. The fraction of sp³-hybridized carbons (Fsp3) is 0.697. The van der Waals surface area contributed by atoms with Gasteiger partial charge in [-0.15, -0.1) is 0 Å². The lowest BCUT2D eigenvalue weighted by atomic mass is 9.78. The van der Waals surface area contributed by atoms with Crippen LogP contribution in [0.5, 0.6) is 0 Å². The zero-order chi connectivity index (χ0) is 31.9. The Morgan fingerprint density at radius 3 is 2.34 bits per heavy atom. The topological polar surface area (TPSA) is 164 Å². The second-order valence-corrected chi connectivity index (χ2v) is 13.7. The zero-order valence-electron chi connectivity index (χ0n) is 26.5. The highest BCUT2D eigenvalue weighted by molar-refractivity contribution is 6.37. The summed E-state index contributed by atoms with van der Waals surface area (Å²) in [5.41, 5.74) is 5.14. The molecule has 3 atom stereocenters. The molecule has 1 saturated heterocycles. The average Bonchev–Trinajstić information content (AvgIpc) is 3.47. The number of Topliss-reactive ketones (excluding diaryl/α,β-unsaturated/α-hetero) is 1. The molecule has 11 nitrogen and oxygen atoms in total. The van der Waals surface area contributed by atoms with Crippen LogP contribution in [-0.2, 0) is 25.6 Å². The van der Waals surface area contributed by atoms with Gasteiger partial charge in [0.15, 0.2) is 0 Å². The van der Waals surface area contributed by atoms with E-state index in [-0.39, 0.29) is 11.8 Å². The van der Waals surface area contributed by atoms with Crippen LogP contribution < -0.4 is 21.7 Å². The van der Waals surface area contributed by atoms with Gasteiger partial charge in [-0.25, -0.2) is 4.79 Å². The Kier molecular flexibility index (Phi) is 11.0. The Bertz CT molecular complexity index is 1190. The van der Waals surface area contributed by atoms with Crippen molar-refractivity contribution >= 4 is 29.5 Å². The van der Waals surface area contributed by atoms with E-state index in [4.69, 9.17) is 5.73 Å². The monoisotopic (exact) mass is 610 g/mol. The normalized spacial score (nSPS) is 21.4. The quantitative estimate of drug-likeness (QED) is 0.251. The summed E-state index contributed by atoms with van der Waals surface area (Å²) in [6.45, 7) is 6.20. The van der Waals surface area contributed by atoms with Gasteiger partial charge in [0.2, 0.25) is 17.6 Å². The lowest BCUT2D eigenvalue weighted by Gasteiger charge is -2.41. The molecule has 3 aliphatic rings. The van der Waals surface area contributed by atoms with Crippen LogP contribution in [0.4, 0.5) is 4.79 Å². The predicted octanol–water partition coefficient (Wildman–Crippen LogP) is 3.15. The van der Waals surface area contributed by atoms with Crippen LogP contribution in [0.25, 0.3) is 0 Å². The van der Waals surface area contributed by atoms with Gasteiger partial charge in [0.25, 0.3) is 5.91 Å². The highest BCUT2D eigenvalue weighted by Crippen LogP contribution is 2.33. The van der Waals surface area contributed by atoms with E-state index in [1.165, 1.54) is 4.90 Å². The molecule has 4 rings (SSSR count). The molecule has 44 heavy (non-hydrogen) atoms. The van der Waals surface area contributed by atoms with E-state index < -0.39 is 52.7 Å². The Morgan fingerprint density at radius 1 is 1.02 bits per heavy atom. The van der Waals surface area contributed by atoms with Crippen molar-refractivity contribution < 1.29 is 24.0 Å². The average molecular weight is 611 g/mol. The molecule has 0 spiro atoms. The molecule has 2 saturated carbocycles. The summed E-state index contributed by atoms with van der Waals surface area (Å²) < 4.78 is 0. The van der Waals surface area contributed by atoms with Crippen molar-refractivity contribution in [3.8, 4) is 0 Å². The Hall–Kier alpha value is -3.50. The predicted molar refractivity (Wildman–Crippen MR) is 166 cm³/mol. The van der Waals surface area contributed by atoms with Crippen molar-refractivity contribution in [3.63, 3.8) is 0 Å². The first-order valence-corrected chi connectivity index (χ1v) is 16.4. The van der Waals surface area contributed by atoms with Crippen molar-refractivity contribution in [1.82, 2.24) is 25.8 Å². The van der Waals surface area contributed by atoms with Gasteiger partial charge in [-0.3, -0.25) is 24.2 Å². The second kappa shape index (κ2) is 14.5. The number of ketones is 1. The van der Waals surface area contributed by atoms with Gasteiger partial charge in [0, 0.05) is 30.4 Å². The van der Waals surface area contributed by atoms with Crippen molar-refractivity contribution in [2.24, 2.45) is 17.1 Å². The third-order valence-electron chi connectivity index (χ3n) is 10.2. The van der Waals surface area contributed by atoms with Crippen LogP contribution in [0.2, 0.25) is 0 Å². The summed E-state index contributed by atoms with van der Waals surface area (Å²) in [7, 11) is 0. The van der Waals surface area contributed by atoms with Crippen LogP contribution in [0.3, 0.4) is 0 Å². The summed E-state index contributed by atoms with van der Waals surface area (Å²) in [6.07, 6.45) is 12.1. The van der Waals surface area contributed by atoms with E-state index in [9.17, 15) is 24.0 Å². The molecule has 0 radical (unpaired) electrons. The number of aromatic nitrogens is 1. The minimum absolute atomic E-state index is 0.257. The van der Waals surface area contributed by atoms with Gasteiger partial charge in [0.05, 0.1) is 6.04 Å². The number of carbonyl (C=O) groups is 5. The van der Waals surface area contributed by atoms with E-state index in [1.807, 2.05) is 39.0 Å². The maximum absolute atomic E-state index is 14.2. The zero-order valence-corrected chi connectivity index (χ0v) is 26.5. The molecule has 1 aromatic heterocycles. The van der Waals surface area contributed by atoms with Crippen LogP contribution in [0.1, 0.15) is 104 Å². The van der Waals surface area contributed by atoms with E-state index in [2.05, 4.69) is 20.9 Å². The smallest absolute Gasteiger partial charge is 0.315 e. The van der Waals surface area contributed by atoms with E-state index in [1.54, 1.807) is 6.20 Å². The summed E-state index contributed by atoms with van der Waals surface area (Å²) in [4.78, 5) is 71.6. The minimum Gasteiger partial charge on any atom is -0.363 e. The molecule has 242 valence electrons. The van der Waals surface area contributed by atoms with E-state index in [0.717, 1.165) is 57.1 Å². The molecule has 5 amide bonds. The van der Waals surface area contributed by atoms with Crippen molar-refractivity contribution in [1.29, 1.82) is 0 Å². The van der Waals surface area contributed by atoms with Gasteiger partial charge in [-0.1, -0.05) is 65.4 Å². The summed E-state index contributed by atoms with van der Waals surface area (Å²) in [5.74, 6) is -2.43. The Labute approximate surface area is 260 Å². The Morgan fingerprint density at radius 2 is 1.75 bits per heavy atom. The Balaban J connectivity index is 1.48. The molecule has 3 fully saturated rings. The summed E-state index contributed by atoms with van der Waals surface area (Å²) >= 11 is 0. The first kappa shape index (κ1) is 33.4. The van der Waals surface area contributed by atoms with Crippen LogP contribution in [-0.4, -0.2) is 69.6 Å². The number of amides is 5. The van der Waals surface area contributed by atoms with Gasteiger partial charge < -0.3 is 26.6 Å². The number of primary amides is 1. The molecule has 1 aliphatic heterocycles. The molecular formula is C33H50N6O5. The van der Waals surface area contributed by atoms with E-state index >= 15 is 0 Å². The number of nitrogens with two attached hydrogens (primary N) is 1. The third kappa shape index (κ3) is 8.15. The fourth-order valence-electron chi connectivity index (χ4n) is 6.83.